The van der Waals surface area contributed by atoms with E-state index in [1.807, 2.05) is 34.9 Å². The van der Waals surface area contributed by atoms with Crippen molar-refractivity contribution in [1.29, 1.82) is 0 Å². The van der Waals surface area contributed by atoms with Gasteiger partial charge in [0.1, 0.15) is 24.5 Å². The highest BCUT2D eigenvalue weighted by Crippen LogP contribution is 2.33. The average molecular weight is 433 g/mol. The van der Waals surface area contributed by atoms with Gasteiger partial charge in [-0.2, -0.15) is 0 Å². The van der Waals surface area contributed by atoms with Crippen molar-refractivity contribution in [2.45, 2.75) is 33.1 Å². The van der Waals surface area contributed by atoms with Gasteiger partial charge in [-0.25, -0.2) is 14.2 Å². The van der Waals surface area contributed by atoms with Gasteiger partial charge in [-0.15, -0.1) is 10.2 Å². The van der Waals surface area contributed by atoms with Crippen molar-refractivity contribution in [2.24, 2.45) is 0 Å². The van der Waals surface area contributed by atoms with E-state index in [0.717, 1.165) is 0 Å². The Labute approximate surface area is 183 Å². The number of fused-ring (bicyclic) bond motifs is 5. The van der Waals surface area contributed by atoms with E-state index in [9.17, 15) is 9.18 Å². The molecule has 1 aliphatic heterocycles. The van der Waals surface area contributed by atoms with E-state index in [2.05, 4.69) is 15.2 Å². The molecule has 0 radical (unpaired) electrons. The Morgan fingerprint density at radius 1 is 1.16 bits per heavy atom. The summed E-state index contributed by atoms with van der Waals surface area (Å²) in [5.74, 6) is 0.797. The van der Waals surface area contributed by atoms with Crippen molar-refractivity contribution in [1.82, 2.24) is 24.3 Å². The molecule has 9 heteroatoms. The molecule has 0 unspecified atom stereocenters. The first-order chi connectivity index (χ1) is 15.5. The van der Waals surface area contributed by atoms with Gasteiger partial charge in [-0.05, 0) is 44.2 Å². The number of carbonyl (C=O) groups is 1. The number of hydrogen-bond donors (Lipinski definition) is 0. The van der Waals surface area contributed by atoms with Crippen LogP contribution in [0.5, 0.6) is 5.75 Å². The van der Waals surface area contributed by atoms with Crippen molar-refractivity contribution >= 4 is 5.97 Å². The molecule has 5 rings (SSSR count). The Morgan fingerprint density at radius 3 is 2.75 bits per heavy atom. The number of hydrogen-bond acceptors (Lipinski definition) is 6. The predicted octanol–water partition coefficient (Wildman–Crippen LogP) is 3.78. The van der Waals surface area contributed by atoms with Crippen molar-refractivity contribution in [3.63, 3.8) is 0 Å². The highest BCUT2D eigenvalue weighted by molar-refractivity contribution is 5.89. The third-order valence-electron chi connectivity index (χ3n) is 5.11. The first kappa shape index (κ1) is 19.9. The fourth-order valence-corrected chi connectivity index (χ4v) is 3.69. The molecule has 3 heterocycles. The zero-order valence-electron chi connectivity index (χ0n) is 17.5. The third kappa shape index (κ3) is 3.51. The number of ether oxygens (including phenoxy) is 2. The molecule has 0 saturated carbocycles. The lowest BCUT2D eigenvalue weighted by Crippen LogP contribution is -2.17. The summed E-state index contributed by atoms with van der Waals surface area (Å²) in [6.07, 6.45) is 1.26. The van der Waals surface area contributed by atoms with E-state index in [1.54, 1.807) is 30.8 Å². The summed E-state index contributed by atoms with van der Waals surface area (Å²) >= 11 is 0. The first-order valence-electron chi connectivity index (χ1n) is 10.2. The van der Waals surface area contributed by atoms with E-state index in [1.165, 1.54) is 12.1 Å². The van der Waals surface area contributed by atoms with Gasteiger partial charge in [0.25, 0.3) is 0 Å². The number of halogens is 1. The molecule has 0 aliphatic carbocycles. The summed E-state index contributed by atoms with van der Waals surface area (Å²) < 4.78 is 29.0. The Morgan fingerprint density at radius 2 is 1.97 bits per heavy atom. The Bertz CT molecular complexity index is 1300. The maximum absolute atomic E-state index is 14.2. The minimum atomic E-state index is -0.518. The number of imidazole rings is 1. The highest BCUT2D eigenvalue weighted by Gasteiger charge is 2.29. The van der Waals surface area contributed by atoms with Crippen LogP contribution in [0.1, 0.15) is 35.9 Å². The second kappa shape index (κ2) is 7.92. The quantitative estimate of drug-likeness (QED) is 0.392. The lowest BCUT2D eigenvalue weighted by molar-refractivity contribution is 0.0370. The van der Waals surface area contributed by atoms with Gasteiger partial charge in [0, 0.05) is 5.56 Å². The molecule has 1 aliphatic rings. The number of benzene rings is 2. The fourth-order valence-electron chi connectivity index (χ4n) is 3.69. The molecule has 0 fully saturated rings. The Kier molecular flexibility index (Phi) is 4.93. The van der Waals surface area contributed by atoms with Crippen LogP contribution < -0.4 is 4.74 Å². The Balaban J connectivity index is 1.60. The van der Waals surface area contributed by atoms with E-state index in [4.69, 9.17) is 9.47 Å². The summed E-state index contributed by atoms with van der Waals surface area (Å²) in [5.41, 5.74) is 2.00. The van der Waals surface area contributed by atoms with Gasteiger partial charge in [0.2, 0.25) is 0 Å². The van der Waals surface area contributed by atoms with Crippen LogP contribution in [0.15, 0.2) is 54.9 Å². The number of carbonyl (C=O) groups excluding carboxylic acids is 1. The lowest BCUT2D eigenvalue weighted by atomic mass is 10.1. The van der Waals surface area contributed by atoms with E-state index in [-0.39, 0.29) is 24.9 Å². The normalized spacial score (nSPS) is 12.0. The Hall–Kier alpha value is -4.01. The van der Waals surface area contributed by atoms with Crippen molar-refractivity contribution in [2.75, 3.05) is 0 Å². The molecular formula is C23H20FN5O3. The van der Waals surface area contributed by atoms with E-state index < -0.39 is 11.8 Å². The maximum Gasteiger partial charge on any atom is 0.359 e. The molecule has 2 aromatic heterocycles. The summed E-state index contributed by atoms with van der Waals surface area (Å²) in [7, 11) is 0. The number of esters is 1. The fraction of sp³-hybridized carbons (Fsp3) is 0.217. The predicted molar refractivity (Wildman–Crippen MR) is 113 cm³/mol. The molecule has 0 saturated heterocycles. The van der Waals surface area contributed by atoms with Crippen molar-refractivity contribution in [3.8, 4) is 22.8 Å². The second-order valence-corrected chi connectivity index (χ2v) is 7.65. The van der Waals surface area contributed by atoms with Crippen LogP contribution in [0.25, 0.3) is 17.1 Å². The van der Waals surface area contributed by atoms with E-state index in [0.29, 0.717) is 34.3 Å². The molecule has 162 valence electrons. The van der Waals surface area contributed by atoms with Crippen LogP contribution in [0.2, 0.25) is 0 Å². The number of rotatable bonds is 5. The van der Waals surface area contributed by atoms with Gasteiger partial charge in [0.15, 0.2) is 17.3 Å². The van der Waals surface area contributed by atoms with Crippen LogP contribution in [0.4, 0.5) is 4.39 Å². The largest absolute Gasteiger partial charge is 0.486 e. The van der Waals surface area contributed by atoms with Crippen LogP contribution in [-0.4, -0.2) is 36.4 Å². The summed E-state index contributed by atoms with van der Waals surface area (Å²) in [6, 6.07) is 13.8. The zero-order valence-corrected chi connectivity index (χ0v) is 17.5. The second-order valence-electron chi connectivity index (χ2n) is 7.65. The standard InChI is InChI=1S/C23H20FN5O3/c1-14(2)32-23(30)21-19-11-28-20(12-31-16-6-4-3-5-7-16)26-27-22(28)17-10-15(24)8-9-18(17)29(19)13-25-21/h3-10,13-14H,11-12H2,1-2H3. The number of nitrogens with zero attached hydrogens (tertiary/aromatic N) is 5. The van der Waals surface area contributed by atoms with Crippen molar-refractivity contribution < 1.29 is 18.7 Å². The molecule has 0 spiro atoms. The summed E-state index contributed by atoms with van der Waals surface area (Å²) in [5, 5.41) is 8.60. The van der Waals surface area contributed by atoms with Gasteiger partial charge in [0.05, 0.1) is 24.0 Å². The number of aromatic nitrogens is 5. The van der Waals surface area contributed by atoms with Crippen LogP contribution in [0, 0.1) is 5.82 Å². The van der Waals surface area contributed by atoms with Crippen molar-refractivity contribution in [3.05, 3.63) is 77.9 Å². The summed E-state index contributed by atoms with van der Waals surface area (Å²) in [6.45, 7) is 3.96. The van der Waals surface area contributed by atoms with Crippen LogP contribution in [0.3, 0.4) is 0 Å². The smallest absolute Gasteiger partial charge is 0.359 e. The SMILES string of the molecule is CC(C)OC(=O)c1ncn2c1Cn1c(COc3ccccc3)nnc1-c1cc(F)ccc1-2. The van der Waals surface area contributed by atoms with E-state index >= 15 is 0 Å². The first-order valence-corrected chi connectivity index (χ1v) is 10.2. The van der Waals surface area contributed by atoms with Crippen LogP contribution in [-0.2, 0) is 17.9 Å². The molecular weight excluding hydrogens is 413 g/mol. The molecule has 2 aromatic carbocycles. The molecule has 4 aromatic rings. The summed E-state index contributed by atoms with van der Waals surface area (Å²) in [4.78, 5) is 17.0. The van der Waals surface area contributed by atoms with Gasteiger partial charge in [-0.1, -0.05) is 18.2 Å². The number of para-hydroxylation sites is 1. The molecule has 0 atom stereocenters. The lowest BCUT2D eigenvalue weighted by Gasteiger charge is -2.11. The van der Waals surface area contributed by atoms with Crippen LogP contribution >= 0.6 is 0 Å². The van der Waals surface area contributed by atoms with Gasteiger partial charge >= 0.3 is 5.97 Å². The minimum Gasteiger partial charge on any atom is -0.486 e. The minimum absolute atomic E-state index is 0.154. The zero-order chi connectivity index (χ0) is 22.2. The maximum atomic E-state index is 14.2. The molecule has 0 bridgehead atoms. The molecule has 8 nitrogen and oxygen atoms in total. The van der Waals surface area contributed by atoms with Gasteiger partial charge < -0.3 is 14.0 Å². The topological polar surface area (TPSA) is 84.1 Å². The molecule has 0 amide bonds. The van der Waals surface area contributed by atoms with Gasteiger partial charge in [-0.3, -0.25) is 4.57 Å². The molecule has 0 N–H and O–H groups in total. The highest BCUT2D eigenvalue weighted by atomic mass is 19.1. The molecule has 32 heavy (non-hydrogen) atoms. The monoisotopic (exact) mass is 433 g/mol. The average Bonchev–Trinajstić information content (AvgIpc) is 3.34. The third-order valence-corrected chi connectivity index (χ3v) is 5.11.